The molecular formula is C16H24SiZr. The fourth-order valence-corrected chi connectivity index (χ4v) is 1.30. The maximum atomic E-state index is 3.19. The zero-order chi connectivity index (χ0) is 14.1. The molecule has 2 aliphatic rings. The Kier molecular flexibility index (Phi) is 9.95. The van der Waals surface area contributed by atoms with Crippen molar-refractivity contribution in [2.45, 2.75) is 53.6 Å². The summed E-state index contributed by atoms with van der Waals surface area (Å²) in [6, 6.07) is 0. The molecule has 0 spiro atoms. The number of rotatable bonds is 0. The summed E-state index contributed by atoms with van der Waals surface area (Å²) in [7, 11) is 0. The van der Waals surface area contributed by atoms with Gasteiger partial charge in [0.1, 0.15) is 0 Å². The maximum absolute atomic E-state index is 3.19. The van der Waals surface area contributed by atoms with Gasteiger partial charge in [0.05, 0.1) is 0 Å². The van der Waals surface area contributed by atoms with Crippen LogP contribution in [0.15, 0.2) is 34.4 Å². The molecule has 96 valence electrons. The molecule has 0 fully saturated rings. The summed E-state index contributed by atoms with van der Waals surface area (Å²) in [5.41, 5.74) is 5.63. The van der Waals surface area contributed by atoms with Gasteiger partial charge in [-0.15, -0.1) is 26.7 Å². The SMILES string of the molecule is CC1=[C-]CC=C1C.CC1=[C-]CC=C1C.C[Si](C)=[Zr+2]. The van der Waals surface area contributed by atoms with Crippen LogP contribution < -0.4 is 0 Å². The Morgan fingerprint density at radius 2 is 1.17 bits per heavy atom. The van der Waals surface area contributed by atoms with Crippen LogP contribution >= 0.6 is 0 Å². The van der Waals surface area contributed by atoms with Crippen LogP contribution in [0.3, 0.4) is 0 Å². The van der Waals surface area contributed by atoms with Crippen molar-refractivity contribution in [3.63, 3.8) is 0 Å². The average Bonchev–Trinajstić information content (AvgIpc) is 2.79. The summed E-state index contributed by atoms with van der Waals surface area (Å²) < 4.78 is 0. The Balaban J connectivity index is 0.000000253. The van der Waals surface area contributed by atoms with Crippen LogP contribution in [-0.2, 0) is 23.3 Å². The number of allylic oxidation sites excluding steroid dienone is 8. The predicted molar refractivity (Wildman–Crippen MR) is 79.1 cm³/mol. The molecule has 2 aliphatic carbocycles. The Labute approximate surface area is 128 Å². The van der Waals surface area contributed by atoms with Gasteiger partial charge >= 0.3 is 41.9 Å². The zero-order valence-corrected chi connectivity index (χ0v) is 16.0. The summed E-state index contributed by atoms with van der Waals surface area (Å²) in [6.07, 6.45) is 12.8. The van der Waals surface area contributed by atoms with Crippen molar-refractivity contribution in [2.75, 3.05) is 0 Å². The fraction of sp³-hybridized carbons (Fsp3) is 0.500. The van der Waals surface area contributed by atoms with Crippen molar-refractivity contribution < 1.29 is 23.3 Å². The molecule has 0 aromatic heterocycles. The Hall–Kier alpha value is 0.0600. The van der Waals surface area contributed by atoms with Crippen molar-refractivity contribution in [1.82, 2.24) is 0 Å². The molecule has 2 rings (SSSR count). The van der Waals surface area contributed by atoms with Gasteiger partial charge in [0.25, 0.3) is 0 Å². The molecule has 18 heavy (non-hydrogen) atoms. The van der Waals surface area contributed by atoms with E-state index in [1.165, 1.54) is 22.3 Å². The topological polar surface area (TPSA) is 0 Å². The van der Waals surface area contributed by atoms with Crippen molar-refractivity contribution in [2.24, 2.45) is 0 Å². The van der Waals surface area contributed by atoms with E-state index >= 15 is 0 Å². The second kappa shape index (κ2) is 9.92. The molecule has 0 radical (unpaired) electrons. The molecule has 0 heterocycles. The van der Waals surface area contributed by atoms with Crippen molar-refractivity contribution in [3.05, 3.63) is 46.6 Å². The first-order valence-corrected chi connectivity index (χ1v) is 12.5. The molecule has 0 aliphatic heterocycles. The van der Waals surface area contributed by atoms with Gasteiger partial charge in [-0.1, -0.05) is 13.8 Å². The summed E-state index contributed by atoms with van der Waals surface area (Å²) in [5, 5.41) is 0. The monoisotopic (exact) mass is 334 g/mol. The van der Waals surface area contributed by atoms with Gasteiger partial charge in [-0.05, 0) is 0 Å². The summed E-state index contributed by atoms with van der Waals surface area (Å²) >= 11 is 1.74. The second-order valence-electron chi connectivity index (χ2n) is 4.79. The average molecular weight is 336 g/mol. The van der Waals surface area contributed by atoms with E-state index in [1.807, 2.05) is 0 Å². The van der Waals surface area contributed by atoms with Crippen molar-refractivity contribution in [3.8, 4) is 0 Å². The molecule has 0 saturated heterocycles. The van der Waals surface area contributed by atoms with Gasteiger partial charge in [0.2, 0.25) is 0 Å². The van der Waals surface area contributed by atoms with Crippen LogP contribution in [0, 0.1) is 12.2 Å². The molecule has 0 nitrogen and oxygen atoms in total. The quantitative estimate of drug-likeness (QED) is 0.434. The zero-order valence-electron chi connectivity index (χ0n) is 12.6. The summed E-state index contributed by atoms with van der Waals surface area (Å²) in [5.74, 6) is 0. The fourth-order valence-electron chi connectivity index (χ4n) is 1.30. The van der Waals surface area contributed by atoms with E-state index in [0.717, 1.165) is 12.8 Å². The van der Waals surface area contributed by atoms with Gasteiger partial charge in [0, 0.05) is 0 Å². The molecule has 0 aromatic rings. The summed E-state index contributed by atoms with van der Waals surface area (Å²) in [4.78, 5) is 0. The standard InChI is InChI=1S/2C7H9.C2H6Si.Zr/c2*1-6-4-3-5-7(6)2;1-3-2;/h2*4H,3H2,1-2H3;1-2H3;/q2*-1;;+2. The number of hydrogen-bond donors (Lipinski definition) is 0. The first-order valence-electron chi connectivity index (χ1n) is 6.35. The Bertz CT molecular complexity index is 339. The Morgan fingerprint density at radius 3 is 1.22 bits per heavy atom. The van der Waals surface area contributed by atoms with Crippen LogP contribution in [0.5, 0.6) is 0 Å². The number of hydrogen-bond acceptors (Lipinski definition) is 0. The third-order valence-electron chi connectivity index (χ3n) is 2.73. The molecule has 0 bridgehead atoms. The van der Waals surface area contributed by atoms with Crippen molar-refractivity contribution in [1.29, 1.82) is 0 Å². The molecule has 0 unspecified atom stereocenters. The van der Waals surface area contributed by atoms with Gasteiger partial charge in [-0.25, -0.2) is 22.3 Å². The van der Waals surface area contributed by atoms with E-state index < -0.39 is 0 Å². The van der Waals surface area contributed by atoms with Gasteiger partial charge < -0.3 is 0 Å². The second-order valence-corrected chi connectivity index (χ2v) is 14.2. The van der Waals surface area contributed by atoms with Gasteiger partial charge in [-0.2, -0.15) is 12.2 Å². The third kappa shape index (κ3) is 9.05. The molecule has 0 aromatic carbocycles. The third-order valence-corrected chi connectivity index (χ3v) is 2.73. The first kappa shape index (κ1) is 18.1. The Morgan fingerprint density at radius 1 is 0.889 bits per heavy atom. The van der Waals surface area contributed by atoms with Gasteiger partial charge in [0.15, 0.2) is 0 Å². The van der Waals surface area contributed by atoms with E-state index in [4.69, 9.17) is 0 Å². The van der Waals surface area contributed by atoms with Crippen LogP contribution in [0.2, 0.25) is 13.1 Å². The minimum absolute atomic E-state index is 0.210. The minimum atomic E-state index is 0.210. The molecule has 0 saturated carbocycles. The molecule has 0 N–H and O–H groups in total. The molecule has 0 amide bonds. The van der Waals surface area contributed by atoms with Crippen LogP contribution in [0.1, 0.15) is 40.5 Å². The van der Waals surface area contributed by atoms with E-state index in [9.17, 15) is 0 Å². The summed E-state index contributed by atoms with van der Waals surface area (Å²) in [6.45, 7) is 13.0. The molecular weight excluding hydrogens is 311 g/mol. The van der Waals surface area contributed by atoms with E-state index in [2.05, 4.69) is 65.1 Å². The first-order chi connectivity index (χ1) is 8.34. The van der Waals surface area contributed by atoms with Crippen molar-refractivity contribution >= 4 is 5.43 Å². The normalized spacial score (nSPS) is 16.4. The van der Waals surface area contributed by atoms with Crippen LogP contribution in [-0.4, -0.2) is 5.43 Å². The van der Waals surface area contributed by atoms with E-state index in [0.29, 0.717) is 0 Å². The van der Waals surface area contributed by atoms with Crippen LogP contribution in [0.4, 0.5) is 0 Å². The molecule has 2 heteroatoms. The van der Waals surface area contributed by atoms with Gasteiger partial charge in [-0.3, -0.25) is 12.2 Å². The molecule has 0 atom stereocenters. The predicted octanol–water partition coefficient (Wildman–Crippen LogP) is 4.96. The van der Waals surface area contributed by atoms with E-state index in [1.54, 1.807) is 23.3 Å². The van der Waals surface area contributed by atoms with Crippen LogP contribution in [0.25, 0.3) is 0 Å². The van der Waals surface area contributed by atoms with E-state index in [-0.39, 0.29) is 5.43 Å².